The minimum absolute atomic E-state index is 0.242. The number of hydrogen-bond donors (Lipinski definition) is 2. The third kappa shape index (κ3) is 10.9. The standard InChI is InChI=1S/C12H11N5O.C11H15F3N2O2.C4H10.C2H6/c13-5-10(15-8-18)1-2-12-11-3-4-14-6-9(11)7-16-17-12;1-10(2)6-4-16(5-7(6)10)8(17)3-15-9(18)11(12,13)14;1-4(2)3;1-2/h3-4,6-8,10H,1-2H2,(H,15,18);6-7H,3-5H2,1-2H3,(H,15,18);4H,1-3H3;1-2H3/t;6-,7+;;. The molecule has 1 saturated carbocycles. The van der Waals surface area contributed by atoms with E-state index < -0.39 is 30.6 Å². The van der Waals surface area contributed by atoms with E-state index in [0.717, 1.165) is 22.4 Å². The second-order valence-electron chi connectivity index (χ2n) is 11.0. The average molecular weight is 594 g/mol. The molecule has 1 aliphatic heterocycles. The van der Waals surface area contributed by atoms with Crippen LogP contribution in [-0.2, 0) is 20.8 Å². The van der Waals surface area contributed by atoms with Crippen molar-refractivity contribution in [2.24, 2.45) is 23.2 Å². The van der Waals surface area contributed by atoms with Crippen LogP contribution in [0.3, 0.4) is 0 Å². The van der Waals surface area contributed by atoms with Crippen molar-refractivity contribution in [1.29, 1.82) is 5.26 Å². The zero-order chi connectivity index (χ0) is 32.1. The highest BCUT2D eigenvalue weighted by Crippen LogP contribution is 2.61. The van der Waals surface area contributed by atoms with Crippen molar-refractivity contribution in [2.45, 2.75) is 73.5 Å². The quantitative estimate of drug-likeness (QED) is 0.461. The van der Waals surface area contributed by atoms with Gasteiger partial charge in [-0.15, -0.1) is 0 Å². The van der Waals surface area contributed by atoms with Crippen LogP contribution < -0.4 is 10.6 Å². The lowest BCUT2D eigenvalue weighted by Gasteiger charge is -2.22. The van der Waals surface area contributed by atoms with E-state index in [1.807, 2.05) is 26.0 Å². The largest absolute Gasteiger partial charge is 0.471 e. The van der Waals surface area contributed by atoms with Gasteiger partial charge in [0.05, 0.1) is 24.5 Å². The first-order valence-electron chi connectivity index (χ1n) is 14.0. The number of nitrogens with one attached hydrogen (secondary N) is 2. The number of amides is 3. The van der Waals surface area contributed by atoms with Crippen molar-refractivity contribution < 1.29 is 27.6 Å². The zero-order valence-corrected chi connectivity index (χ0v) is 25.3. The van der Waals surface area contributed by atoms with Crippen LogP contribution in [0.4, 0.5) is 13.2 Å². The number of hydrogen-bond acceptors (Lipinski definition) is 7. The van der Waals surface area contributed by atoms with E-state index in [1.54, 1.807) is 23.9 Å². The van der Waals surface area contributed by atoms with Gasteiger partial charge in [0.15, 0.2) is 0 Å². The van der Waals surface area contributed by atoms with Gasteiger partial charge in [-0.1, -0.05) is 48.5 Å². The number of aryl methyl sites for hydroxylation is 1. The molecule has 2 N–H and O–H groups in total. The maximum atomic E-state index is 11.9. The Kier molecular flexibility index (Phi) is 14.3. The molecule has 0 radical (unpaired) electrons. The van der Waals surface area contributed by atoms with Crippen LogP contribution in [0.15, 0.2) is 24.7 Å². The third-order valence-corrected chi connectivity index (χ3v) is 6.77. The van der Waals surface area contributed by atoms with E-state index in [1.165, 1.54) is 4.90 Å². The molecule has 1 saturated heterocycles. The molecule has 3 atom stereocenters. The predicted octanol–water partition coefficient (Wildman–Crippen LogP) is 4.06. The summed E-state index contributed by atoms with van der Waals surface area (Å²) in [6.45, 7) is 15.3. The summed E-state index contributed by atoms with van der Waals surface area (Å²) in [4.78, 5) is 38.0. The summed E-state index contributed by atoms with van der Waals surface area (Å²) in [7, 11) is 0. The van der Waals surface area contributed by atoms with E-state index in [2.05, 4.69) is 55.1 Å². The number of carbonyl (C=O) groups excluding carboxylic acids is 3. The number of halogens is 3. The van der Waals surface area contributed by atoms with Crippen LogP contribution in [0.2, 0.25) is 0 Å². The summed E-state index contributed by atoms with van der Waals surface area (Å²) in [6.07, 6.45) is 1.75. The van der Waals surface area contributed by atoms with Gasteiger partial charge in [-0.25, -0.2) is 0 Å². The van der Waals surface area contributed by atoms with Crippen LogP contribution >= 0.6 is 0 Å². The van der Waals surface area contributed by atoms with Gasteiger partial charge in [-0.05, 0) is 42.1 Å². The van der Waals surface area contributed by atoms with Crippen LogP contribution in [0.25, 0.3) is 10.8 Å². The Hall–Kier alpha value is -3.82. The van der Waals surface area contributed by atoms with Crippen LogP contribution in [0.5, 0.6) is 0 Å². The average Bonchev–Trinajstić information content (AvgIpc) is 3.25. The fourth-order valence-electron chi connectivity index (χ4n) is 4.42. The van der Waals surface area contributed by atoms with E-state index in [4.69, 9.17) is 5.26 Å². The first kappa shape index (κ1) is 36.2. The van der Waals surface area contributed by atoms with Crippen molar-refractivity contribution in [2.75, 3.05) is 19.6 Å². The molecule has 1 aliphatic carbocycles. The fourth-order valence-corrected chi connectivity index (χ4v) is 4.42. The van der Waals surface area contributed by atoms with Crippen molar-refractivity contribution in [1.82, 2.24) is 30.7 Å². The van der Waals surface area contributed by atoms with Gasteiger partial charge >= 0.3 is 12.1 Å². The second kappa shape index (κ2) is 16.6. The minimum Gasteiger partial charge on any atom is -0.343 e. The molecule has 2 aliphatic rings. The number of alkyl halides is 3. The van der Waals surface area contributed by atoms with Crippen LogP contribution in [0, 0.1) is 34.5 Å². The van der Waals surface area contributed by atoms with Gasteiger partial charge in [0, 0.05) is 36.3 Å². The fraction of sp³-hybridized carbons (Fsp3) is 0.621. The Balaban J connectivity index is 0.000000354. The molecular formula is C29H42F3N7O3. The molecule has 0 bridgehead atoms. The summed E-state index contributed by atoms with van der Waals surface area (Å²) >= 11 is 0. The van der Waals surface area contributed by atoms with E-state index in [-0.39, 0.29) is 5.41 Å². The molecule has 3 amide bonds. The Labute approximate surface area is 245 Å². The molecule has 0 spiro atoms. The second-order valence-corrected chi connectivity index (χ2v) is 11.0. The molecule has 42 heavy (non-hydrogen) atoms. The van der Waals surface area contributed by atoms with E-state index >= 15 is 0 Å². The number of fused-ring (bicyclic) bond motifs is 2. The van der Waals surface area contributed by atoms with Gasteiger partial charge in [-0.2, -0.15) is 28.6 Å². The number of likely N-dealkylation sites (tertiary alicyclic amines) is 1. The number of nitrogens with zero attached hydrogens (tertiary/aromatic N) is 5. The van der Waals surface area contributed by atoms with Gasteiger partial charge in [0.1, 0.15) is 6.04 Å². The number of rotatable bonds is 7. The van der Waals surface area contributed by atoms with E-state index in [9.17, 15) is 27.6 Å². The summed E-state index contributed by atoms with van der Waals surface area (Å²) in [5, 5.41) is 22.7. The van der Waals surface area contributed by atoms with Gasteiger partial charge in [0.25, 0.3) is 0 Å². The highest BCUT2D eigenvalue weighted by molar-refractivity contribution is 5.87. The maximum absolute atomic E-state index is 11.9. The topological polar surface area (TPSA) is 141 Å². The lowest BCUT2D eigenvalue weighted by atomic mass is 10.1. The first-order valence-corrected chi connectivity index (χ1v) is 14.0. The minimum atomic E-state index is -4.94. The molecular weight excluding hydrogens is 551 g/mol. The maximum Gasteiger partial charge on any atom is 0.471 e. The molecule has 2 aromatic rings. The normalized spacial score (nSPS) is 18.4. The molecule has 13 heteroatoms. The summed E-state index contributed by atoms with van der Waals surface area (Å²) < 4.78 is 35.7. The monoisotopic (exact) mass is 593 g/mol. The Morgan fingerprint density at radius 3 is 2.31 bits per heavy atom. The lowest BCUT2D eigenvalue weighted by Crippen LogP contribution is -2.44. The smallest absolute Gasteiger partial charge is 0.343 e. The first-order chi connectivity index (χ1) is 19.7. The molecule has 0 aromatic carbocycles. The molecule has 232 valence electrons. The number of carbonyl (C=O) groups is 3. The summed E-state index contributed by atoms with van der Waals surface area (Å²) in [5.74, 6) is -0.796. The predicted molar refractivity (Wildman–Crippen MR) is 153 cm³/mol. The number of pyridine rings is 1. The molecule has 1 unspecified atom stereocenters. The molecule has 2 aromatic heterocycles. The molecule has 10 nitrogen and oxygen atoms in total. The Morgan fingerprint density at radius 2 is 1.79 bits per heavy atom. The van der Waals surface area contributed by atoms with E-state index in [0.29, 0.717) is 44.2 Å². The van der Waals surface area contributed by atoms with Crippen molar-refractivity contribution in [3.05, 3.63) is 30.4 Å². The molecule has 4 rings (SSSR count). The third-order valence-electron chi connectivity index (χ3n) is 6.77. The zero-order valence-electron chi connectivity index (χ0n) is 25.3. The summed E-state index contributed by atoms with van der Waals surface area (Å²) in [6, 6.07) is 3.39. The number of nitriles is 1. The Morgan fingerprint density at radius 1 is 1.19 bits per heavy atom. The van der Waals surface area contributed by atoms with Crippen LogP contribution in [-0.4, -0.2) is 70.2 Å². The summed E-state index contributed by atoms with van der Waals surface area (Å²) in [5.41, 5.74) is 1.05. The van der Waals surface area contributed by atoms with Crippen molar-refractivity contribution >= 4 is 29.0 Å². The highest BCUT2D eigenvalue weighted by Gasteiger charge is 2.62. The van der Waals surface area contributed by atoms with Gasteiger partial charge < -0.3 is 15.5 Å². The highest BCUT2D eigenvalue weighted by atomic mass is 19.4. The molecule has 3 heterocycles. The number of aromatic nitrogens is 3. The number of piperidine rings is 1. The Bertz CT molecular complexity index is 1190. The van der Waals surface area contributed by atoms with Crippen LogP contribution in [0.1, 0.15) is 60.6 Å². The van der Waals surface area contributed by atoms with Crippen molar-refractivity contribution in [3.63, 3.8) is 0 Å². The van der Waals surface area contributed by atoms with Gasteiger partial charge in [-0.3, -0.25) is 19.4 Å². The molecule has 2 fully saturated rings. The SMILES string of the molecule is CC.CC(C)C.CC1(C)[C@@H]2CN(C(=O)CNC(=O)C(F)(F)F)C[C@@H]21.N#CC(CCc1nncc2cnccc12)NC=O. The van der Waals surface area contributed by atoms with Crippen molar-refractivity contribution in [3.8, 4) is 6.07 Å². The van der Waals surface area contributed by atoms with Gasteiger partial charge in [0.2, 0.25) is 12.3 Å². The lowest BCUT2D eigenvalue weighted by molar-refractivity contribution is -0.174.